The number of nitrogens with zero attached hydrogens (tertiary/aromatic N) is 2. The minimum Gasteiger partial charge on any atom is -0.364 e. The van der Waals surface area contributed by atoms with E-state index >= 15 is 0 Å². The number of nitrogens with one attached hydrogen (secondary N) is 1. The van der Waals surface area contributed by atoms with Crippen molar-refractivity contribution in [3.8, 4) is 0 Å². The Hall–Kier alpha value is -1.42. The summed E-state index contributed by atoms with van der Waals surface area (Å²) in [5.74, 6) is 0.842. The second kappa shape index (κ2) is 4.00. The van der Waals surface area contributed by atoms with E-state index in [2.05, 4.69) is 27.0 Å². The number of anilines is 1. The largest absolute Gasteiger partial charge is 0.364 e. The van der Waals surface area contributed by atoms with Crippen LogP contribution < -0.4 is 5.32 Å². The molecule has 1 N–H and O–H groups in total. The Balaban J connectivity index is 1.94. The third-order valence-corrected chi connectivity index (χ3v) is 2.18. The average Bonchev–Trinajstić information content (AvgIpc) is 2.69. The van der Waals surface area contributed by atoms with Crippen molar-refractivity contribution in [2.24, 2.45) is 0 Å². The van der Waals surface area contributed by atoms with Crippen molar-refractivity contribution < 1.29 is 0 Å². The summed E-state index contributed by atoms with van der Waals surface area (Å²) >= 11 is 1.35. The molecule has 2 aromatic rings. The van der Waals surface area contributed by atoms with Crippen molar-refractivity contribution in [3.63, 3.8) is 0 Å². The highest BCUT2D eigenvalue weighted by atomic mass is 32.1. The first-order valence-corrected chi connectivity index (χ1v) is 4.83. The summed E-state index contributed by atoms with van der Waals surface area (Å²) < 4.78 is 3.76. The Labute approximate surface area is 80.6 Å². The van der Waals surface area contributed by atoms with Crippen molar-refractivity contribution in [3.05, 3.63) is 41.3 Å². The van der Waals surface area contributed by atoms with Crippen LogP contribution in [0.3, 0.4) is 0 Å². The SMILES string of the molecule is c1ccc(CNc2csnn2)cc1. The van der Waals surface area contributed by atoms with Crippen molar-refractivity contribution in [1.82, 2.24) is 9.59 Å². The Kier molecular flexibility index (Phi) is 2.52. The van der Waals surface area contributed by atoms with Crippen molar-refractivity contribution >= 4 is 17.4 Å². The number of hydrogen-bond donors (Lipinski definition) is 1. The minimum atomic E-state index is 0.798. The lowest BCUT2D eigenvalue weighted by Gasteiger charge is -2.00. The van der Waals surface area contributed by atoms with Crippen molar-refractivity contribution in [1.29, 1.82) is 0 Å². The van der Waals surface area contributed by atoms with Crippen molar-refractivity contribution in [2.75, 3.05) is 5.32 Å². The van der Waals surface area contributed by atoms with Gasteiger partial charge in [0.25, 0.3) is 0 Å². The van der Waals surface area contributed by atoms with E-state index in [-0.39, 0.29) is 0 Å². The maximum absolute atomic E-state index is 3.89. The molecule has 0 radical (unpaired) electrons. The third-order valence-electron chi connectivity index (χ3n) is 1.68. The molecule has 1 aromatic carbocycles. The molecule has 1 aromatic heterocycles. The number of rotatable bonds is 3. The van der Waals surface area contributed by atoms with Gasteiger partial charge in [-0.25, -0.2) is 0 Å². The standard InChI is InChI=1S/C9H9N3S/c1-2-4-8(5-3-1)6-10-9-7-13-12-11-9/h1-5,7,10H,6H2. The van der Waals surface area contributed by atoms with Gasteiger partial charge in [0.1, 0.15) is 0 Å². The monoisotopic (exact) mass is 191 g/mol. The first-order chi connectivity index (χ1) is 6.45. The molecule has 0 saturated heterocycles. The molecular formula is C9H9N3S. The lowest BCUT2D eigenvalue weighted by Crippen LogP contribution is -1.98. The third kappa shape index (κ3) is 2.26. The molecule has 0 saturated carbocycles. The first kappa shape index (κ1) is 8.19. The molecule has 0 bridgehead atoms. The van der Waals surface area contributed by atoms with Crippen LogP contribution in [0.5, 0.6) is 0 Å². The van der Waals surface area contributed by atoms with E-state index in [1.165, 1.54) is 17.1 Å². The van der Waals surface area contributed by atoms with Gasteiger partial charge in [0.15, 0.2) is 5.82 Å². The molecule has 0 unspecified atom stereocenters. The van der Waals surface area contributed by atoms with Crippen LogP contribution in [0.2, 0.25) is 0 Å². The second-order valence-corrected chi connectivity index (χ2v) is 3.24. The molecule has 0 aliphatic rings. The molecule has 0 aliphatic heterocycles. The van der Waals surface area contributed by atoms with Crippen LogP contribution >= 0.6 is 11.5 Å². The van der Waals surface area contributed by atoms with Gasteiger partial charge in [0.2, 0.25) is 0 Å². The van der Waals surface area contributed by atoms with Crippen molar-refractivity contribution in [2.45, 2.75) is 6.54 Å². The van der Waals surface area contributed by atoms with E-state index in [1.807, 2.05) is 23.6 Å². The summed E-state index contributed by atoms with van der Waals surface area (Å²) in [6.07, 6.45) is 0. The lowest BCUT2D eigenvalue weighted by atomic mass is 10.2. The molecular weight excluding hydrogens is 182 g/mol. The summed E-state index contributed by atoms with van der Waals surface area (Å²) in [5.41, 5.74) is 1.25. The highest BCUT2D eigenvalue weighted by Gasteiger charge is 1.94. The summed E-state index contributed by atoms with van der Waals surface area (Å²) in [7, 11) is 0. The van der Waals surface area contributed by atoms with Gasteiger partial charge in [-0.2, -0.15) is 0 Å². The summed E-state index contributed by atoms with van der Waals surface area (Å²) in [6.45, 7) is 0.798. The van der Waals surface area contributed by atoms with E-state index in [9.17, 15) is 0 Å². The van der Waals surface area contributed by atoms with Crippen LogP contribution in [0, 0.1) is 0 Å². The van der Waals surface area contributed by atoms with Gasteiger partial charge in [0.05, 0.1) is 5.38 Å². The zero-order valence-electron chi connectivity index (χ0n) is 6.97. The summed E-state index contributed by atoms with van der Waals surface area (Å²) in [6, 6.07) is 10.2. The Morgan fingerprint density at radius 1 is 1.23 bits per heavy atom. The molecule has 0 fully saturated rings. The smallest absolute Gasteiger partial charge is 0.161 e. The normalized spacial score (nSPS) is 9.85. The van der Waals surface area contributed by atoms with Gasteiger partial charge in [0, 0.05) is 6.54 Å². The average molecular weight is 191 g/mol. The maximum Gasteiger partial charge on any atom is 0.161 e. The van der Waals surface area contributed by atoms with Gasteiger partial charge in [-0.15, -0.1) is 5.10 Å². The van der Waals surface area contributed by atoms with Gasteiger partial charge in [-0.3, -0.25) is 0 Å². The van der Waals surface area contributed by atoms with E-state index in [0.717, 1.165) is 12.4 Å². The van der Waals surface area contributed by atoms with Crippen LogP contribution in [-0.4, -0.2) is 9.59 Å². The van der Waals surface area contributed by atoms with E-state index < -0.39 is 0 Å². The molecule has 0 spiro atoms. The summed E-state index contributed by atoms with van der Waals surface area (Å²) in [4.78, 5) is 0. The van der Waals surface area contributed by atoms with Crippen LogP contribution in [0.1, 0.15) is 5.56 Å². The van der Waals surface area contributed by atoms with Crippen LogP contribution in [0.25, 0.3) is 0 Å². The summed E-state index contributed by atoms with van der Waals surface area (Å²) in [5, 5.41) is 8.96. The van der Waals surface area contributed by atoms with Crippen LogP contribution in [0.4, 0.5) is 5.82 Å². The topological polar surface area (TPSA) is 37.8 Å². The van der Waals surface area contributed by atoms with E-state index in [1.54, 1.807) is 0 Å². The Morgan fingerprint density at radius 2 is 2.08 bits per heavy atom. The molecule has 1 heterocycles. The fourth-order valence-corrected chi connectivity index (χ4v) is 1.44. The Morgan fingerprint density at radius 3 is 2.77 bits per heavy atom. The minimum absolute atomic E-state index is 0.798. The molecule has 3 nitrogen and oxygen atoms in total. The lowest BCUT2D eigenvalue weighted by molar-refractivity contribution is 1.07. The van der Waals surface area contributed by atoms with Gasteiger partial charge in [-0.05, 0) is 17.1 Å². The van der Waals surface area contributed by atoms with Gasteiger partial charge in [-0.1, -0.05) is 34.8 Å². The molecule has 0 aliphatic carbocycles. The molecule has 66 valence electrons. The van der Waals surface area contributed by atoms with Crippen LogP contribution in [-0.2, 0) is 6.54 Å². The maximum atomic E-state index is 3.89. The molecule has 0 atom stereocenters. The quantitative estimate of drug-likeness (QED) is 0.807. The molecule has 4 heteroatoms. The zero-order valence-corrected chi connectivity index (χ0v) is 7.79. The first-order valence-electron chi connectivity index (χ1n) is 4.00. The molecule has 2 rings (SSSR count). The van der Waals surface area contributed by atoms with E-state index in [0.29, 0.717) is 0 Å². The zero-order chi connectivity index (χ0) is 8.93. The predicted molar refractivity (Wildman–Crippen MR) is 53.7 cm³/mol. The molecule has 0 amide bonds. The number of benzene rings is 1. The van der Waals surface area contributed by atoms with E-state index in [4.69, 9.17) is 0 Å². The van der Waals surface area contributed by atoms with Gasteiger partial charge >= 0.3 is 0 Å². The predicted octanol–water partition coefficient (Wildman–Crippen LogP) is 2.15. The second-order valence-electron chi connectivity index (χ2n) is 2.63. The highest BCUT2D eigenvalue weighted by molar-refractivity contribution is 7.03. The number of hydrogen-bond acceptors (Lipinski definition) is 4. The fraction of sp³-hybridized carbons (Fsp3) is 0.111. The Bertz CT molecular complexity index is 344. The fourth-order valence-electron chi connectivity index (χ4n) is 1.03. The number of aromatic nitrogens is 2. The van der Waals surface area contributed by atoms with Crippen LogP contribution in [0.15, 0.2) is 35.7 Å². The highest BCUT2D eigenvalue weighted by Crippen LogP contribution is 2.06. The van der Waals surface area contributed by atoms with Gasteiger partial charge < -0.3 is 5.32 Å². The molecule has 13 heavy (non-hydrogen) atoms.